The fraction of sp³-hybridized carbons (Fsp3) is 0.333. The van der Waals surface area contributed by atoms with Crippen LogP contribution in [0, 0.1) is 0 Å². The summed E-state index contributed by atoms with van der Waals surface area (Å²) in [5, 5.41) is 5.05. The van der Waals surface area contributed by atoms with Crippen LogP contribution in [-0.2, 0) is 9.59 Å². The van der Waals surface area contributed by atoms with Gasteiger partial charge in [0.15, 0.2) is 0 Å². The Kier molecular flexibility index (Phi) is 4.94. The van der Waals surface area contributed by atoms with Gasteiger partial charge >= 0.3 is 0 Å². The van der Waals surface area contributed by atoms with Crippen molar-refractivity contribution in [3.05, 3.63) is 35.5 Å². The maximum Gasteiger partial charge on any atom is 0.268 e. The average molecular weight is 289 g/mol. The highest BCUT2D eigenvalue weighted by Crippen LogP contribution is 2.14. The largest absolute Gasteiger partial charge is 0.492 e. The van der Waals surface area contributed by atoms with Crippen molar-refractivity contribution in [1.29, 1.82) is 0 Å². The van der Waals surface area contributed by atoms with E-state index in [9.17, 15) is 9.59 Å². The number of rotatable bonds is 5. The molecular weight excluding hydrogens is 270 g/mol. The Balaban J connectivity index is 1.98. The lowest BCUT2D eigenvalue weighted by Crippen LogP contribution is -2.46. The molecule has 0 aliphatic carbocycles. The second kappa shape index (κ2) is 6.90. The highest BCUT2D eigenvalue weighted by molar-refractivity contribution is 6.05. The zero-order valence-electron chi connectivity index (χ0n) is 12.2. The Bertz CT molecular complexity index is 550. The molecule has 0 unspecified atom stereocenters. The number of nitrogens with one attached hydrogen (secondary N) is 2. The number of hydrogen-bond acceptors (Lipinski definition) is 4. The SMILES string of the molecule is CN(C)CCOc1ccc(C=C2NC(=O)CNC2=O)cc1. The van der Waals surface area contributed by atoms with Crippen LogP contribution in [0.2, 0.25) is 0 Å². The number of benzene rings is 1. The third-order valence-electron chi connectivity index (χ3n) is 2.93. The van der Waals surface area contributed by atoms with E-state index in [-0.39, 0.29) is 24.1 Å². The molecule has 6 heteroatoms. The lowest BCUT2D eigenvalue weighted by atomic mass is 10.1. The highest BCUT2D eigenvalue weighted by Gasteiger charge is 2.18. The van der Waals surface area contributed by atoms with Crippen molar-refractivity contribution in [3.63, 3.8) is 0 Å². The molecule has 1 heterocycles. The molecule has 1 aromatic carbocycles. The van der Waals surface area contributed by atoms with E-state index in [0.29, 0.717) is 6.61 Å². The van der Waals surface area contributed by atoms with E-state index in [2.05, 4.69) is 10.6 Å². The van der Waals surface area contributed by atoms with Gasteiger partial charge in [0.05, 0.1) is 6.54 Å². The first kappa shape index (κ1) is 15.1. The van der Waals surface area contributed by atoms with Crippen molar-refractivity contribution in [1.82, 2.24) is 15.5 Å². The van der Waals surface area contributed by atoms with Crippen molar-refractivity contribution in [3.8, 4) is 5.75 Å². The van der Waals surface area contributed by atoms with Crippen LogP contribution < -0.4 is 15.4 Å². The summed E-state index contributed by atoms with van der Waals surface area (Å²) in [6.45, 7) is 1.48. The topological polar surface area (TPSA) is 70.7 Å². The number of carbonyl (C=O) groups excluding carboxylic acids is 2. The molecule has 2 N–H and O–H groups in total. The molecule has 112 valence electrons. The molecule has 1 aliphatic heterocycles. The second-order valence-electron chi connectivity index (χ2n) is 5.01. The van der Waals surface area contributed by atoms with E-state index in [1.807, 2.05) is 43.3 Å². The molecule has 0 bridgehead atoms. The minimum absolute atomic E-state index is 0.0226. The third kappa shape index (κ3) is 4.61. The van der Waals surface area contributed by atoms with Gasteiger partial charge < -0.3 is 20.3 Å². The third-order valence-corrected chi connectivity index (χ3v) is 2.93. The quantitative estimate of drug-likeness (QED) is 0.761. The average Bonchev–Trinajstić information content (AvgIpc) is 2.44. The normalized spacial score (nSPS) is 16.8. The molecule has 1 saturated heterocycles. The van der Waals surface area contributed by atoms with Crippen LogP contribution in [0.15, 0.2) is 30.0 Å². The molecular formula is C15H19N3O3. The number of carbonyl (C=O) groups is 2. The van der Waals surface area contributed by atoms with Gasteiger partial charge in [-0.25, -0.2) is 0 Å². The van der Waals surface area contributed by atoms with E-state index in [4.69, 9.17) is 4.74 Å². The summed E-state index contributed by atoms with van der Waals surface area (Å²) >= 11 is 0. The smallest absolute Gasteiger partial charge is 0.268 e. The number of nitrogens with zero attached hydrogens (tertiary/aromatic N) is 1. The van der Waals surface area contributed by atoms with Gasteiger partial charge in [-0.05, 0) is 37.9 Å². The number of amides is 2. The molecule has 1 aliphatic rings. The summed E-state index contributed by atoms with van der Waals surface area (Å²) in [4.78, 5) is 24.9. The minimum Gasteiger partial charge on any atom is -0.492 e. The first-order chi connectivity index (χ1) is 10.0. The predicted molar refractivity (Wildman–Crippen MR) is 79.6 cm³/mol. The molecule has 0 radical (unpaired) electrons. The van der Waals surface area contributed by atoms with Crippen LogP contribution in [-0.4, -0.2) is 50.5 Å². The molecule has 0 aromatic heterocycles. The second-order valence-corrected chi connectivity index (χ2v) is 5.01. The lowest BCUT2D eigenvalue weighted by Gasteiger charge is -2.16. The maximum absolute atomic E-state index is 11.6. The number of hydrogen-bond donors (Lipinski definition) is 2. The summed E-state index contributed by atoms with van der Waals surface area (Å²) < 4.78 is 5.59. The zero-order valence-corrected chi connectivity index (χ0v) is 12.2. The Morgan fingerprint density at radius 3 is 2.62 bits per heavy atom. The van der Waals surface area contributed by atoms with Gasteiger partial charge in [-0.3, -0.25) is 9.59 Å². The summed E-state index contributed by atoms with van der Waals surface area (Å²) in [7, 11) is 3.98. The zero-order chi connectivity index (χ0) is 15.2. The Morgan fingerprint density at radius 2 is 1.95 bits per heavy atom. The van der Waals surface area contributed by atoms with Crippen LogP contribution in [0.3, 0.4) is 0 Å². The first-order valence-corrected chi connectivity index (χ1v) is 6.72. The monoisotopic (exact) mass is 289 g/mol. The van der Waals surface area contributed by atoms with E-state index in [0.717, 1.165) is 17.9 Å². The molecule has 1 fully saturated rings. The van der Waals surface area contributed by atoms with E-state index >= 15 is 0 Å². The van der Waals surface area contributed by atoms with Gasteiger partial charge in [0.2, 0.25) is 5.91 Å². The minimum atomic E-state index is -0.277. The van der Waals surface area contributed by atoms with Crippen LogP contribution >= 0.6 is 0 Å². The fourth-order valence-corrected chi connectivity index (χ4v) is 1.78. The number of piperazine rings is 1. The molecule has 21 heavy (non-hydrogen) atoms. The predicted octanol–water partition coefficient (Wildman–Crippen LogP) is 0.214. The molecule has 6 nitrogen and oxygen atoms in total. The Morgan fingerprint density at radius 1 is 1.24 bits per heavy atom. The maximum atomic E-state index is 11.6. The van der Waals surface area contributed by atoms with Crippen molar-refractivity contribution in [2.24, 2.45) is 0 Å². The molecule has 1 aromatic rings. The van der Waals surface area contributed by atoms with Gasteiger partial charge in [-0.2, -0.15) is 0 Å². The van der Waals surface area contributed by atoms with Crippen LogP contribution in [0.1, 0.15) is 5.56 Å². The Labute approximate surface area is 123 Å². The van der Waals surface area contributed by atoms with E-state index < -0.39 is 0 Å². The van der Waals surface area contributed by atoms with Gasteiger partial charge in [0, 0.05) is 6.54 Å². The summed E-state index contributed by atoms with van der Waals surface area (Å²) in [5.74, 6) is 0.279. The fourth-order valence-electron chi connectivity index (χ4n) is 1.78. The molecule has 0 saturated carbocycles. The number of likely N-dealkylation sites (N-methyl/N-ethyl adjacent to an activating group) is 1. The van der Waals surface area contributed by atoms with Crippen LogP contribution in [0.4, 0.5) is 0 Å². The van der Waals surface area contributed by atoms with Crippen LogP contribution in [0.5, 0.6) is 5.75 Å². The van der Waals surface area contributed by atoms with Crippen molar-refractivity contribution >= 4 is 17.9 Å². The summed E-state index contributed by atoms with van der Waals surface area (Å²) in [6, 6.07) is 7.35. The summed E-state index contributed by atoms with van der Waals surface area (Å²) in [5.41, 5.74) is 1.08. The van der Waals surface area contributed by atoms with Crippen molar-refractivity contribution < 1.29 is 14.3 Å². The van der Waals surface area contributed by atoms with E-state index in [1.54, 1.807) is 6.08 Å². The van der Waals surface area contributed by atoms with Gasteiger partial charge in [-0.1, -0.05) is 12.1 Å². The standard InChI is InChI=1S/C15H19N3O3/c1-18(2)7-8-21-12-5-3-11(4-6-12)9-13-15(20)16-10-14(19)17-13/h3-6,9H,7-8,10H2,1-2H3,(H,16,20)(H,17,19). The van der Waals surface area contributed by atoms with Gasteiger partial charge in [0.1, 0.15) is 18.1 Å². The van der Waals surface area contributed by atoms with E-state index in [1.165, 1.54) is 0 Å². The Hall–Kier alpha value is -2.34. The van der Waals surface area contributed by atoms with Crippen LogP contribution in [0.25, 0.3) is 6.08 Å². The molecule has 2 rings (SSSR count). The molecule has 0 spiro atoms. The summed E-state index contributed by atoms with van der Waals surface area (Å²) in [6.07, 6.45) is 1.63. The first-order valence-electron chi connectivity index (χ1n) is 6.72. The highest BCUT2D eigenvalue weighted by atomic mass is 16.5. The van der Waals surface area contributed by atoms with Crippen molar-refractivity contribution in [2.45, 2.75) is 0 Å². The number of ether oxygens (including phenoxy) is 1. The van der Waals surface area contributed by atoms with Gasteiger partial charge in [0.25, 0.3) is 5.91 Å². The molecule has 0 atom stereocenters. The van der Waals surface area contributed by atoms with Crippen molar-refractivity contribution in [2.75, 3.05) is 33.8 Å². The van der Waals surface area contributed by atoms with Gasteiger partial charge in [-0.15, -0.1) is 0 Å². The lowest BCUT2D eigenvalue weighted by molar-refractivity contribution is -0.127. The molecule has 2 amide bonds.